The molecule has 0 aliphatic rings. The zero-order valence-corrected chi connectivity index (χ0v) is 15.3. The number of hydrogen-bond acceptors (Lipinski definition) is 4. The quantitative estimate of drug-likeness (QED) is 0.692. The number of esters is 1. The monoisotopic (exact) mass is 420 g/mol. The fourth-order valence-corrected chi connectivity index (χ4v) is 3.00. The number of rotatable bonds is 6. The predicted octanol–water partition coefficient (Wildman–Crippen LogP) is 3.18. The molecular formula is C14H18Br2N2O3. The number of carbonyl (C=O) groups is 2. The second-order valence-corrected chi connectivity index (χ2v) is 6.27. The van der Waals surface area contributed by atoms with Crippen LogP contribution in [0.5, 0.6) is 0 Å². The lowest BCUT2D eigenvalue weighted by molar-refractivity contribution is -0.119. The van der Waals surface area contributed by atoms with Gasteiger partial charge >= 0.3 is 5.97 Å². The zero-order valence-electron chi connectivity index (χ0n) is 12.1. The number of ether oxygens (including phenoxy) is 1. The molecule has 0 saturated carbocycles. The van der Waals surface area contributed by atoms with Gasteiger partial charge in [0.15, 0.2) is 0 Å². The van der Waals surface area contributed by atoms with Crippen LogP contribution in [0.4, 0.5) is 5.69 Å². The summed E-state index contributed by atoms with van der Waals surface area (Å²) in [6, 6.07) is 3.37. The zero-order chi connectivity index (χ0) is 16.0. The van der Waals surface area contributed by atoms with E-state index in [-0.39, 0.29) is 11.8 Å². The van der Waals surface area contributed by atoms with Crippen LogP contribution < -0.4 is 10.6 Å². The molecule has 1 aromatic rings. The van der Waals surface area contributed by atoms with E-state index in [2.05, 4.69) is 42.5 Å². The normalized spacial score (nSPS) is 11.9. The SMILES string of the molecule is CCNCC(C)C(=O)Nc1c(Br)cc(Br)cc1C(=O)OC. The molecule has 116 valence electrons. The summed E-state index contributed by atoms with van der Waals surface area (Å²) in [5.41, 5.74) is 0.709. The van der Waals surface area contributed by atoms with E-state index in [1.54, 1.807) is 12.1 Å². The lowest BCUT2D eigenvalue weighted by Gasteiger charge is -2.16. The third-order valence-corrected chi connectivity index (χ3v) is 3.94. The lowest BCUT2D eigenvalue weighted by Crippen LogP contribution is -2.31. The number of benzene rings is 1. The number of methoxy groups -OCH3 is 1. The molecule has 0 aliphatic carbocycles. The van der Waals surface area contributed by atoms with E-state index in [4.69, 9.17) is 4.74 Å². The molecule has 1 rings (SSSR count). The Labute approximate surface area is 141 Å². The summed E-state index contributed by atoms with van der Waals surface area (Å²) in [6.45, 7) is 5.17. The Morgan fingerprint density at radius 1 is 1.33 bits per heavy atom. The van der Waals surface area contributed by atoms with Crippen molar-refractivity contribution in [2.75, 3.05) is 25.5 Å². The first-order valence-electron chi connectivity index (χ1n) is 6.49. The van der Waals surface area contributed by atoms with Gasteiger partial charge in [-0.1, -0.05) is 29.8 Å². The molecule has 0 aromatic heterocycles. The Balaban J connectivity index is 3.01. The molecule has 1 atom stereocenters. The van der Waals surface area contributed by atoms with E-state index in [9.17, 15) is 9.59 Å². The Bertz CT molecular complexity index is 535. The summed E-state index contributed by atoms with van der Waals surface area (Å²) < 4.78 is 6.08. The van der Waals surface area contributed by atoms with Gasteiger partial charge in [0.05, 0.1) is 18.4 Å². The number of carbonyl (C=O) groups excluding carboxylic acids is 2. The average Bonchev–Trinajstić information content (AvgIpc) is 2.45. The highest BCUT2D eigenvalue weighted by Crippen LogP contribution is 2.31. The smallest absolute Gasteiger partial charge is 0.340 e. The summed E-state index contributed by atoms with van der Waals surface area (Å²) >= 11 is 6.67. The van der Waals surface area contributed by atoms with Crippen molar-refractivity contribution in [3.05, 3.63) is 26.6 Å². The van der Waals surface area contributed by atoms with Crippen LogP contribution in [0.15, 0.2) is 21.1 Å². The number of amides is 1. The van der Waals surface area contributed by atoms with E-state index in [1.807, 2.05) is 13.8 Å². The van der Waals surface area contributed by atoms with Gasteiger partial charge in [0.2, 0.25) is 5.91 Å². The van der Waals surface area contributed by atoms with Crippen molar-refractivity contribution in [1.29, 1.82) is 0 Å². The topological polar surface area (TPSA) is 67.4 Å². The average molecular weight is 422 g/mol. The van der Waals surface area contributed by atoms with Gasteiger partial charge in [0.1, 0.15) is 0 Å². The minimum atomic E-state index is -0.508. The van der Waals surface area contributed by atoms with Crippen molar-refractivity contribution in [2.45, 2.75) is 13.8 Å². The number of anilines is 1. The first kappa shape index (κ1) is 18.1. The van der Waals surface area contributed by atoms with Gasteiger partial charge in [-0.05, 0) is 34.6 Å². The Kier molecular flexibility index (Phi) is 7.34. The minimum absolute atomic E-state index is 0.163. The van der Waals surface area contributed by atoms with Crippen LogP contribution in [-0.2, 0) is 9.53 Å². The van der Waals surface area contributed by atoms with Crippen LogP contribution in [0, 0.1) is 5.92 Å². The largest absolute Gasteiger partial charge is 0.465 e. The molecule has 0 fully saturated rings. The van der Waals surface area contributed by atoms with Crippen LogP contribution in [-0.4, -0.2) is 32.1 Å². The molecule has 0 bridgehead atoms. The fourth-order valence-electron chi connectivity index (χ4n) is 1.67. The predicted molar refractivity (Wildman–Crippen MR) is 89.5 cm³/mol. The van der Waals surface area contributed by atoms with Gasteiger partial charge in [-0.25, -0.2) is 4.79 Å². The molecular weight excluding hydrogens is 404 g/mol. The van der Waals surface area contributed by atoms with Gasteiger partial charge in [-0.15, -0.1) is 0 Å². The molecule has 0 spiro atoms. The van der Waals surface area contributed by atoms with Crippen molar-refractivity contribution in [3.63, 3.8) is 0 Å². The second kappa shape index (κ2) is 8.51. The van der Waals surface area contributed by atoms with Gasteiger partial charge in [-0.3, -0.25) is 4.79 Å². The van der Waals surface area contributed by atoms with Gasteiger partial charge in [0, 0.05) is 21.4 Å². The molecule has 0 radical (unpaired) electrons. The maximum atomic E-state index is 12.2. The number of hydrogen-bond donors (Lipinski definition) is 2. The van der Waals surface area contributed by atoms with E-state index in [0.717, 1.165) is 6.54 Å². The van der Waals surface area contributed by atoms with Crippen LogP contribution in [0.25, 0.3) is 0 Å². The molecule has 5 nitrogen and oxygen atoms in total. The summed E-state index contributed by atoms with van der Waals surface area (Å²) in [7, 11) is 1.30. The lowest BCUT2D eigenvalue weighted by atomic mass is 10.1. The fraction of sp³-hybridized carbons (Fsp3) is 0.429. The van der Waals surface area contributed by atoms with Crippen molar-refractivity contribution in [1.82, 2.24) is 5.32 Å². The third kappa shape index (κ3) is 5.09. The Morgan fingerprint density at radius 2 is 2.00 bits per heavy atom. The molecule has 1 unspecified atom stereocenters. The van der Waals surface area contributed by atoms with E-state index < -0.39 is 5.97 Å². The van der Waals surface area contributed by atoms with Crippen LogP contribution in [0.3, 0.4) is 0 Å². The van der Waals surface area contributed by atoms with E-state index in [1.165, 1.54) is 7.11 Å². The molecule has 0 saturated heterocycles. The number of nitrogens with one attached hydrogen (secondary N) is 2. The first-order valence-corrected chi connectivity index (χ1v) is 8.08. The summed E-state index contributed by atoms with van der Waals surface area (Å²) in [4.78, 5) is 24.0. The van der Waals surface area contributed by atoms with Crippen LogP contribution >= 0.6 is 31.9 Å². The summed E-state index contributed by atoms with van der Waals surface area (Å²) in [5, 5.41) is 5.90. The Hall–Kier alpha value is -0.920. The van der Waals surface area contributed by atoms with Crippen molar-refractivity contribution < 1.29 is 14.3 Å². The van der Waals surface area contributed by atoms with Gasteiger partial charge < -0.3 is 15.4 Å². The van der Waals surface area contributed by atoms with Gasteiger partial charge in [-0.2, -0.15) is 0 Å². The van der Waals surface area contributed by atoms with Crippen LogP contribution in [0.1, 0.15) is 24.2 Å². The molecule has 21 heavy (non-hydrogen) atoms. The maximum absolute atomic E-state index is 12.2. The van der Waals surface area contributed by atoms with E-state index >= 15 is 0 Å². The third-order valence-electron chi connectivity index (χ3n) is 2.86. The molecule has 1 aromatic carbocycles. The van der Waals surface area contributed by atoms with Gasteiger partial charge in [0.25, 0.3) is 0 Å². The van der Waals surface area contributed by atoms with E-state index in [0.29, 0.717) is 26.7 Å². The first-order chi connectivity index (χ1) is 9.90. The van der Waals surface area contributed by atoms with Crippen LogP contribution in [0.2, 0.25) is 0 Å². The molecule has 1 amide bonds. The highest BCUT2D eigenvalue weighted by Gasteiger charge is 2.20. The highest BCUT2D eigenvalue weighted by atomic mass is 79.9. The summed E-state index contributed by atoms with van der Waals surface area (Å²) in [5.74, 6) is -0.887. The van der Waals surface area contributed by atoms with Crippen molar-refractivity contribution in [3.8, 4) is 0 Å². The second-order valence-electron chi connectivity index (χ2n) is 4.50. The molecule has 2 N–H and O–H groups in total. The molecule has 0 heterocycles. The Morgan fingerprint density at radius 3 is 2.57 bits per heavy atom. The summed E-state index contributed by atoms with van der Waals surface area (Å²) in [6.07, 6.45) is 0. The minimum Gasteiger partial charge on any atom is -0.465 e. The number of halogens is 2. The van der Waals surface area contributed by atoms with Crippen molar-refractivity contribution >= 4 is 49.4 Å². The van der Waals surface area contributed by atoms with Crippen molar-refractivity contribution in [2.24, 2.45) is 5.92 Å². The molecule has 7 heteroatoms. The molecule has 0 aliphatic heterocycles. The maximum Gasteiger partial charge on any atom is 0.340 e. The standard InChI is InChI=1S/C14H18Br2N2O3/c1-4-17-7-8(2)13(19)18-12-10(14(20)21-3)5-9(15)6-11(12)16/h5-6,8,17H,4,7H2,1-3H3,(H,18,19). The highest BCUT2D eigenvalue weighted by molar-refractivity contribution is 9.11.